The number of nitrogens with zero attached hydrogens (tertiary/aromatic N) is 1. The van der Waals surface area contributed by atoms with E-state index in [-0.39, 0.29) is 0 Å². The topological polar surface area (TPSA) is 24.5 Å². The standard InChI is InChI=1S/C18H36N2O/c1-5-17-7-6-16(4)20(17)14-18(8-10-21-11-9-18)13-19-12-15(2)3/h15-17,19H,5-14H2,1-4H3. The fourth-order valence-corrected chi connectivity index (χ4v) is 4.06. The number of likely N-dealkylation sites (tertiary alicyclic amines) is 1. The third-order valence-corrected chi connectivity index (χ3v) is 5.55. The van der Waals surface area contributed by atoms with Crippen LogP contribution in [-0.4, -0.2) is 49.8 Å². The second kappa shape index (κ2) is 7.94. The third kappa shape index (κ3) is 4.67. The third-order valence-electron chi connectivity index (χ3n) is 5.55. The number of rotatable bonds is 7. The van der Waals surface area contributed by atoms with Crippen LogP contribution in [0.5, 0.6) is 0 Å². The molecule has 2 rings (SSSR count). The van der Waals surface area contributed by atoms with E-state index in [0.29, 0.717) is 5.41 Å². The zero-order valence-corrected chi connectivity index (χ0v) is 14.7. The molecular formula is C18H36N2O. The van der Waals surface area contributed by atoms with Crippen LogP contribution in [0.15, 0.2) is 0 Å². The second-order valence-electron chi connectivity index (χ2n) is 7.80. The van der Waals surface area contributed by atoms with Crippen LogP contribution in [0.3, 0.4) is 0 Å². The Morgan fingerprint density at radius 2 is 1.95 bits per heavy atom. The van der Waals surface area contributed by atoms with Crippen molar-refractivity contribution in [1.29, 1.82) is 0 Å². The summed E-state index contributed by atoms with van der Waals surface area (Å²) in [7, 11) is 0. The van der Waals surface area contributed by atoms with E-state index in [4.69, 9.17) is 4.74 Å². The van der Waals surface area contributed by atoms with Gasteiger partial charge < -0.3 is 10.1 Å². The summed E-state index contributed by atoms with van der Waals surface area (Å²) in [6, 6.07) is 1.57. The average Bonchev–Trinajstić information content (AvgIpc) is 2.80. The normalized spacial score (nSPS) is 30.1. The Morgan fingerprint density at radius 1 is 1.24 bits per heavy atom. The Balaban J connectivity index is 1.97. The Kier molecular flexibility index (Phi) is 6.51. The van der Waals surface area contributed by atoms with Crippen molar-refractivity contribution in [3.8, 4) is 0 Å². The maximum Gasteiger partial charge on any atom is 0.0472 e. The first-order chi connectivity index (χ1) is 10.1. The van der Waals surface area contributed by atoms with Gasteiger partial charge in [-0.25, -0.2) is 0 Å². The summed E-state index contributed by atoms with van der Waals surface area (Å²) in [4.78, 5) is 2.81. The first-order valence-electron chi connectivity index (χ1n) is 9.10. The van der Waals surface area contributed by atoms with Crippen molar-refractivity contribution in [2.24, 2.45) is 11.3 Å². The molecule has 0 saturated carbocycles. The fraction of sp³-hybridized carbons (Fsp3) is 1.00. The molecule has 21 heavy (non-hydrogen) atoms. The average molecular weight is 296 g/mol. The van der Waals surface area contributed by atoms with Crippen LogP contribution in [0, 0.1) is 11.3 Å². The first-order valence-corrected chi connectivity index (χ1v) is 9.10. The molecule has 3 heteroatoms. The number of ether oxygens (including phenoxy) is 1. The molecule has 0 radical (unpaired) electrons. The lowest BCUT2D eigenvalue weighted by molar-refractivity contribution is -0.0127. The molecule has 0 aromatic heterocycles. The molecule has 1 N–H and O–H groups in total. The Bertz CT molecular complexity index is 300. The van der Waals surface area contributed by atoms with E-state index in [0.717, 1.165) is 44.3 Å². The van der Waals surface area contributed by atoms with Crippen molar-refractivity contribution in [3.05, 3.63) is 0 Å². The lowest BCUT2D eigenvalue weighted by Crippen LogP contribution is -2.50. The highest BCUT2D eigenvalue weighted by Gasteiger charge is 2.39. The quantitative estimate of drug-likeness (QED) is 0.780. The molecule has 0 aliphatic carbocycles. The maximum absolute atomic E-state index is 5.65. The molecule has 2 heterocycles. The van der Waals surface area contributed by atoms with Gasteiger partial charge >= 0.3 is 0 Å². The minimum atomic E-state index is 0.430. The lowest BCUT2D eigenvalue weighted by atomic mass is 9.79. The van der Waals surface area contributed by atoms with E-state index in [1.165, 1.54) is 38.6 Å². The smallest absolute Gasteiger partial charge is 0.0472 e. The summed E-state index contributed by atoms with van der Waals surface area (Å²) in [5.74, 6) is 0.732. The summed E-state index contributed by atoms with van der Waals surface area (Å²) in [5.41, 5.74) is 0.430. The van der Waals surface area contributed by atoms with Crippen LogP contribution in [0.25, 0.3) is 0 Å². The minimum absolute atomic E-state index is 0.430. The van der Waals surface area contributed by atoms with Gasteiger partial charge in [0.25, 0.3) is 0 Å². The molecular weight excluding hydrogens is 260 g/mol. The molecule has 3 nitrogen and oxygen atoms in total. The highest BCUT2D eigenvalue weighted by atomic mass is 16.5. The van der Waals surface area contributed by atoms with E-state index < -0.39 is 0 Å². The molecule has 124 valence electrons. The summed E-state index contributed by atoms with van der Waals surface area (Å²) in [5, 5.41) is 3.73. The minimum Gasteiger partial charge on any atom is -0.381 e. The molecule has 2 fully saturated rings. The highest BCUT2D eigenvalue weighted by molar-refractivity contribution is 4.93. The van der Waals surface area contributed by atoms with Crippen LogP contribution < -0.4 is 5.32 Å². The maximum atomic E-state index is 5.65. The number of hydrogen-bond donors (Lipinski definition) is 1. The molecule has 0 aromatic carbocycles. The number of nitrogens with one attached hydrogen (secondary N) is 1. The van der Waals surface area contributed by atoms with Crippen molar-refractivity contribution >= 4 is 0 Å². The van der Waals surface area contributed by atoms with Gasteiger partial charge in [0.1, 0.15) is 0 Å². The first kappa shape index (κ1) is 17.2. The number of hydrogen-bond acceptors (Lipinski definition) is 3. The van der Waals surface area contributed by atoms with E-state index in [1.807, 2.05) is 0 Å². The van der Waals surface area contributed by atoms with E-state index in [1.54, 1.807) is 0 Å². The molecule has 0 spiro atoms. The van der Waals surface area contributed by atoms with Crippen LogP contribution in [-0.2, 0) is 4.74 Å². The molecule has 2 atom stereocenters. The van der Waals surface area contributed by atoms with Gasteiger partial charge in [-0.05, 0) is 56.9 Å². The summed E-state index contributed by atoms with van der Waals surface area (Å²) < 4.78 is 5.65. The molecule has 2 aliphatic heterocycles. The SMILES string of the molecule is CCC1CCC(C)N1CC1(CNCC(C)C)CCOCC1. The largest absolute Gasteiger partial charge is 0.381 e. The Labute approximate surface area is 131 Å². The van der Waals surface area contributed by atoms with Crippen LogP contribution in [0.1, 0.15) is 59.8 Å². The van der Waals surface area contributed by atoms with Crippen molar-refractivity contribution in [3.63, 3.8) is 0 Å². The van der Waals surface area contributed by atoms with Gasteiger partial charge in [-0.15, -0.1) is 0 Å². The second-order valence-corrected chi connectivity index (χ2v) is 7.80. The van der Waals surface area contributed by atoms with Crippen molar-refractivity contribution in [1.82, 2.24) is 10.2 Å². The van der Waals surface area contributed by atoms with Gasteiger partial charge in [-0.3, -0.25) is 4.90 Å². The van der Waals surface area contributed by atoms with E-state index >= 15 is 0 Å². The predicted octanol–water partition coefficient (Wildman–Crippen LogP) is 3.29. The summed E-state index contributed by atoms with van der Waals surface area (Å²) in [6.45, 7) is 14.8. The zero-order chi connectivity index (χ0) is 15.3. The molecule has 0 amide bonds. The monoisotopic (exact) mass is 296 g/mol. The van der Waals surface area contributed by atoms with Crippen molar-refractivity contribution < 1.29 is 4.74 Å². The Morgan fingerprint density at radius 3 is 2.57 bits per heavy atom. The van der Waals surface area contributed by atoms with Gasteiger partial charge in [0, 0.05) is 38.4 Å². The van der Waals surface area contributed by atoms with E-state index in [9.17, 15) is 0 Å². The van der Waals surface area contributed by atoms with Gasteiger partial charge in [0.2, 0.25) is 0 Å². The highest BCUT2D eigenvalue weighted by Crippen LogP contribution is 2.36. The molecule has 0 bridgehead atoms. The lowest BCUT2D eigenvalue weighted by Gasteiger charge is -2.43. The van der Waals surface area contributed by atoms with Crippen LogP contribution >= 0.6 is 0 Å². The molecule has 2 saturated heterocycles. The fourth-order valence-electron chi connectivity index (χ4n) is 4.06. The molecule has 2 aliphatic rings. The van der Waals surface area contributed by atoms with Gasteiger partial charge in [-0.2, -0.15) is 0 Å². The summed E-state index contributed by atoms with van der Waals surface area (Å²) >= 11 is 0. The van der Waals surface area contributed by atoms with Gasteiger partial charge in [0.05, 0.1) is 0 Å². The van der Waals surface area contributed by atoms with Gasteiger partial charge in [0.15, 0.2) is 0 Å². The van der Waals surface area contributed by atoms with Crippen molar-refractivity contribution in [2.45, 2.75) is 71.9 Å². The Hall–Kier alpha value is -0.120. The predicted molar refractivity (Wildman–Crippen MR) is 89.7 cm³/mol. The molecule has 0 aromatic rings. The van der Waals surface area contributed by atoms with Crippen molar-refractivity contribution in [2.75, 3.05) is 32.8 Å². The van der Waals surface area contributed by atoms with Gasteiger partial charge in [-0.1, -0.05) is 20.8 Å². The van der Waals surface area contributed by atoms with E-state index in [2.05, 4.69) is 37.9 Å². The van der Waals surface area contributed by atoms with Crippen LogP contribution in [0.4, 0.5) is 0 Å². The van der Waals surface area contributed by atoms with Crippen LogP contribution in [0.2, 0.25) is 0 Å². The zero-order valence-electron chi connectivity index (χ0n) is 14.7. The summed E-state index contributed by atoms with van der Waals surface area (Å²) in [6.07, 6.45) is 6.51. The molecule has 2 unspecified atom stereocenters.